The van der Waals surface area contributed by atoms with Crippen LogP contribution in [0.25, 0.3) is 22.5 Å². The van der Waals surface area contributed by atoms with Gasteiger partial charge in [-0.05, 0) is 122 Å². The fraction of sp³-hybridized carbons (Fsp3) is 0.453. The number of carbonyl (C=O) groups is 3. The number of hydrogen-bond acceptors (Lipinski definition) is 12. The molecule has 15 nitrogen and oxygen atoms in total. The van der Waals surface area contributed by atoms with Crippen molar-refractivity contribution >= 4 is 34.0 Å². The zero-order valence-electron chi connectivity index (χ0n) is 42.8. The first-order valence-corrected chi connectivity index (χ1v) is 24.4. The third-order valence-corrected chi connectivity index (χ3v) is 11.9. The topological polar surface area (TPSA) is 178 Å². The summed E-state index contributed by atoms with van der Waals surface area (Å²) >= 11 is 3.38. The van der Waals surface area contributed by atoms with Crippen molar-refractivity contribution in [2.45, 2.75) is 135 Å². The molecule has 0 aliphatic carbocycles. The Morgan fingerprint density at radius 2 is 1.07 bits per heavy atom. The number of aromatic nitrogens is 4. The Bertz CT molecular complexity index is 2590. The van der Waals surface area contributed by atoms with Gasteiger partial charge in [-0.1, -0.05) is 76.6 Å². The smallest absolute Gasteiger partial charge is 0.413 e. The Morgan fingerprint density at radius 1 is 0.676 bits per heavy atom. The predicted octanol–water partition coefficient (Wildman–Crippen LogP) is 11.3. The minimum atomic E-state index is -3.27. The summed E-state index contributed by atoms with van der Waals surface area (Å²) in [7, 11) is 0. The van der Waals surface area contributed by atoms with E-state index in [1.807, 2.05) is 60.7 Å². The number of rotatable bonds is 11. The van der Waals surface area contributed by atoms with Crippen molar-refractivity contribution in [3.63, 3.8) is 0 Å². The van der Waals surface area contributed by atoms with E-state index < -0.39 is 104 Å². The van der Waals surface area contributed by atoms with Gasteiger partial charge in [-0.15, -0.1) is 0 Å². The Balaban J connectivity index is 0.000000207. The van der Waals surface area contributed by atoms with E-state index in [4.69, 9.17) is 18.9 Å². The van der Waals surface area contributed by atoms with Crippen molar-refractivity contribution in [1.82, 2.24) is 35.5 Å². The maximum Gasteiger partial charge on any atom is 0.413 e. The average Bonchev–Trinajstić information content (AvgIpc) is 3.80. The van der Waals surface area contributed by atoms with E-state index in [9.17, 15) is 41.4 Å². The predicted molar refractivity (Wildman–Crippen MR) is 269 cm³/mol. The molecule has 74 heavy (non-hydrogen) atoms. The van der Waals surface area contributed by atoms with Gasteiger partial charge >= 0.3 is 18.6 Å². The van der Waals surface area contributed by atoms with Crippen LogP contribution in [0.4, 0.5) is 31.5 Å². The molecule has 6 atom stereocenters. The van der Waals surface area contributed by atoms with Crippen LogP contribution in [0, 0.1) is 0 Å². The number of halogens is 6. The third-order valence-electron chi connectivity index (χ3n) is 11.3. The van der Waals surface area contributed by atoms with Crippen LogP contribution in [0.1, 0.15) is 104 Å². The fourth-order valence-electron chi connectivity index (χ4n) is 8.11. The molecular formula is C53H63BrF5N7O8. The highest BCUT2D eigenvalue weighted by atomic mass is 79.9. The zero-order chi connectivity index (χ0) is 54.8. The number of hydrogen-bond donors (Lipinski definition) is 2. The Morgan fingerprint density at radius 3 is 1.41 bits per heavy atom. The van der Waals surface area contributed by atoms with E-state index in [2.05, 4.69) is 36.3 Å². The van der Waals surface area contributed by atoms with Gasteiger partial charge in [0.2, 0.25) is 0 Å². The molecule has 4 heterocycles. The standard InChI is InChI=1S/C21H26FN3O3.C17H23BrFNO3.C15H14F3N3O2/c1-20(2,3)28-19(26)25-17(13-22)18(27-21(25,4)5)15-10-8-14(9-11-15)16-7-6-12-23-24-16;1-16(2,3)23-15(21)20-13(10-19)14(22-17(20,4)5)11-6-8-12(18)9-7-11;16-8-12(20-15(23)14(17)18)13(22)10-5-3-9(4-6-10)11-2-1-7-19-21-11/h6-12,17-18H,13H2,1-5H3;6-9,13-14H,10H2,1-5H3;1-7,12-14,22H,8H2,(H,20,23)/t17-,18-;13-,14-;12-,13-/m111/s1. The number of nitrogens with one attached hydrogen (secondary N) is 1. The summed E-state index contributed by atoms with van der Waals surface area (Å²) in [5.41, 5.74) is 1.62. The highest BCUT2D eigenvalue weighted by molar-refractivity contribution is 9.10. The van der Waals surface area contributed by atoms with Crippen molar-refractivity contribution < 1.29 is 60.4 Å². The lowest BCUT2D eigenvalue weighted by Gasteiger charge is -2.34. The summed E-state index contributed by atoms with van der Waals surface area (Å²) in [5, 5.41) is 27.5. The second-order valence-electron chi connectivity index (χ2n) is 20.1. The first-order chi connectivity index (χ1) is 34.7. The maximum absolute atomic E-state index is 14.0. The van der Waals surface area contributed by atoms with Gasteiger partial charge < -0.3 is 29.4 Å². The molecule has 0 unspecified atom stereocenters. The number of carbonyl (C=O) groups excluding carboxylic acids is 3. The van der Waals surface area contributed by atoms with Crippen molar-refractivity contribution in [3.05, 3.63) is 131 Å². The maximum atomic E-state index is 14.0. The lowest BCUT2D eigenvalue weighted by molar-refractivity contribution is -0.133. The molecular weight excluding hydrogens is 1040 g/mol. The highest BCUT2D eigenvalue weighted by Crippen LogP contribution is 2.44. The summed E-state index contributed by atoms with van der Waals surface area (Å²) < 4.78 is 89.0. The lowest BCUT2D eigenvalue weighted by atomic mass is 10.0. The number of aliphatic hydroxyl groups excluding tert-OH is 1. The van der Waals surface area contributed by atoms with Crippen LogP contribution in [-0.2, 0) is 23.7 Å². The molecule has 0 spiro atoms. The summed E-state index contributed by atoms with van der Waals surface area (Å²) in [6.07, 6.45) is -3.85. The number of benzene rings is 3. The summed E-state index contributed by atoms with van der Waals surface area (Å²) in [4.78, 5) is 38.9. The largest absolute Gasteiger partial charge is 0.444 e. The van der Waals surface area contributed by atoms with Crippen LogP contribution in [0.3, 0.4) is 0 Å². The second-order valence-corrected chi connectivity index (χ2v) is 21.1. The second kappa shape index (κ2) is 24.9. The molecule has 3 amide bonds. The van der Waals surface area contributed by atoms with Crippen LogP contribution < -0.4 is 5.32 Å². The normalized spacial score (nSPS) is 19.8. The van der Waals surface area contributed by atoms with Crippen LogP contribution in [0.5, 0.6) is 0 Å². The van der Waals surface area contributed by atoms with E-state index >= 15 is 0 Å². The van der Waals surface area contributed by atoms with Crippen LogP contribution in [0.15, 0.2) is 114 Å². The van der Waals surface area contributed by atoms with E-state index in [-0.39, 0.29) is 5.56 Å². The van der Waals surface area contributed by atoms with Gasteiger partial charge in [0.1, 0.15) is 61.0 Å². The van der Waals surface area contributed by atoms with Crippen LogP contribution >= 0.6 is 15.9 Å². The molecule has 2 aromatic heterocycles. The minimum absolute atomic E-state index is 0.287. The number of aliphatic hydroxyl groups is 1. The molecule has 5 aromatic rings. The van der Waals surface area contributed by atoms with Gasteiger partial charge in [0.15, 0.2) is 0 Å². The van der Waals surface area contributed by atoms with Gasteiger partial charge in [0.25, 0.3) is 5.91 Å². The molecule has 0 radical (unpaired) electrons. The number of amides is 3. The Kier molecular flexibility index (Phi) is 19.8. The molecule has 2 fully saturated rings. The van der Waals surface area contributed by atoms with Crippen molar-refractivity contribution in [2.75, 3.05) is 20.0 Å². The van der Waals surface area contributed by atoms with Crippen LogP contribution in [0.2, 0.25) is 0 Å². The van der Waals surface area contributed by atoms with E-state index in [0.717, 1.165) is 32.4 Å². The third kappa shape index (κ3) is 15.5. The zero-order valence-corrected chi connectivity index (χ0v) is 44.4. The van der Waals surface area contributed by atoms with E-state index in [1.165, 1.54) is 28.1 Å². The van der Waals surface area contributed by atoms with Crippen molar-refractivity contribution in [3.8, 4) is 22.5 Å². The average molecular weight is 1100 g/mol. The first kappa shape index (κ1) is 58.7. The molecule has 0 saturated carbocycles. The number of alkyl halides is 5. The minimum Gasteiger partial charge on any atom is -0.444 e. The van der Waals surface area contributed by atoms with Crippen molar-refractivity contribution in [2.24, 2.45) is 0 Å². The van der Waals surface area contributed by atoms with E-state index in [0.29, 0.717) is 5.69 Å². The summed E-state index contributed by atoms with van der Waals surface area (Å²) in [6.45, 7) is 15.1. The van der Waals surface area contributed by atoms with Crippen LogP contribution in [-0.4, -0.2) is 121 Å². The van der Waals surface area contributed by atoms with Gasteiger partial charge in [-0.2, -0.15) is 29.2 Å². The number of nitrogens with zero attached hydrogens (tertiary/aromatic N) is 6. The molecule has 7 rings (SSSR count). The van der Waals surface area contributed by atoms with Crippen molar-refractivity contribution in [1.29, 1.82) is 0 Å². The molecule has 2 aliphatic heterocycles. The highest BCUT2D eigenvalue weighted by Gasteiger charge is 2.53. The molecule has 0 bridgehead atoms. The van der Waals surface area contributed by atoms with Gasteiger partial charge in [-0.3, -0.25) is 14.6 Å². The molecule has 2 saturated heterocycles. The monoisotopic (exact) mass is 1100 g/mol. The molecule has 2 N–H and O–H groups in total. The molecule has 21 heteroatoms. The molecule has 3 aromatic carbocycles. The van der Waals surface area contributed by atoms with Gasteiger partial charge in [0.05, 0.1) is 29.5 Å². The molecule has 2 aliphatic rings. The fourth-order valence-corrected chi connectivity index (χ4v) is 8.38. The summed E-state index contributed by atoms with van der Waals surface area (Å²) in [5.74, 6) is -1.62. The quantitative estimate of drug-likeness (QED) is 0.120. The summed E-state index contributed by atoms with van der Waals surface area (Å²) in [6, 6.07) is 25.5. The van der Waals surface area contributed by atoms with Gasteiger partial charge in [-0.25, -0.2) is 22.8 Å². The van der Waals surface area contributed by atoms with E-state index in [1.54, 1.807) is 105 Å². The first-order valence-electron chi connectivity index (χ1n) is 23.6. The molecule has 400 valence electrons. The lowest BCUT2D eigenvalue weighted by Crippen LogP contribution is -2.50. The Hall–Kier alpha value is -6.16. The Labute approximate surface area is 436 Å². The van der Waals surface area contributed by atoms with Gasteiger partial charge in [0, 0.05) is 28.0 Å². The number of ether oxygens (including phenoxy) is 4. The SMILES string of the molecule is CC(C)(C)OC(=O)N1[C@H](CF)[C@@H](c2ccc(-c3cccnn3)cc2)OC1(C)C.CC(C)(C)OC(=O)N1[C@H](CF)[C@@H](c2ccc(Br)cc2)OC1(C)C.O=C(N[C@H](CF)[C@H](O)c1ccc(-c2cccnn2)cc1)C(F)F.